The van der Waals surface area contributed by atoms with E-state index in [9.17, 15) is 5.11 Å². The van der Waals surface area contributed by atoms with Crippen molar-refractivity contribution in [3.63, 3.8) is 0 Å². The Kier molecular flexibility index (Phi) is 3.86. The number of hydrogen-bond acceptors (Lipinski definition) is 4. The Morgan fingerprint density at radius 2 is 1.88 bits per heavy atom. The van der Waals surface area contributed by atoms with Gasteiger partial charge in [0.25, 0.3) is 0 Å². The van der Waals surface area contributed by atoms with E-state index in [4.69, 9.17) is 0 Å². The van der Waals surface area contributed by atoms with E-state index in [1.54, 1.807) is 0 Å². The van der Waals surface area contributed by atoms with Crippen LogP contribution in [0.25, 0.3) is 0 Å². The zero-order valence-electron chi connectivity index (χ0n) is 10.1. The number of aryl methyl sites for hydroxylation is 2. The molecule has 1 N–H and O–H groups in total. The molecule has 0 aliphatic rings. The molecule has 3 nitrogen and oxygen atoms in total. The van der Waals surface area contributed by atoms with Gasteiger partial charge in [-0.2, -0.15) is 0 Å². The van der Waals surface area contributed by atoms with E-state index in [1.807, 2.05) is 6.92 Å². The van der Waals surface area contributed by atoms with Gasteiger partial charge in [0.05, 0.1) is 16.7 Å². The SMILES string of the molecule is CCc1ccc(CC(O)c2snnc2C)cc1. The van der Waals surface area contributed by atoms with Gasteiger partial charge in [-0.15, -0.1) is 5.10 Å². The van der Waals surface area contributed by atoms with E-state index in [1.165, 1.54) is 17.1 Å². The fourth-order valence-electron chi connectivity index (χ4n) is 1.77. The van der Waals surface area contributed by atoms with Gasteiger partial charge in [-0.25, -0.2) is 0 Å². The lowest BCUT2D eigenvalue weighted by atomic mass is 10.0. The van der Waals surface area contributed by atoms with Crippen LogP contribution >= 0.6 is 11.5 Å². The van der Waals surface area contributed by atoms with Gasteiger partial charge in [0.15, 0.2) is 0 Å². The molecule has 0 bridgehead atoms. The van der Waals surface area contributed by atoms with Gasteiger partial charge in [0.2, 0.25) is 0 Å². The van der Waals surface area contributed by atoms with Crippen molar-refractivity contribution in [1.29, 1.82) is 0 Å². The van der Waals surface area contributed by atoms with Crippen LogP contribution in [0.15, 0.2) is 24.3 Å². The van der Waals surface area contributed by atoms with Crippen molar-refractivity contribution in [3.8, 4) is 0 Å². The summed E-state index contributed by atoms with van der Waals surface area (Å²) >= 11 is 1.27. The molecule has 2 aromatic rings. The molecule has 0 radical (unpaired) electrons. The minimum absolute atomic E-state index is 0.498. The second-order valence-electron chi connectivity index (χ2n) is 4.11. The van der Waals surface area contributed by atoms with Crippen molar-refractivity contribution in [2.75, 3.05) is 0 Å². The summed E-state index contributed by atoms with van der Waals surface area (Å²) in [6, 6.07) is 8.37. The Labute approximate surface area is 105 Å². The van der Waals surface area contributed by atoms with Crippen molar-refractivity contribution in [2.45, 2.75) is 32.8 Å². The minimum Gasteiger partial charge on any atom is -0.387 e. The zero-order valence-corrected chi connectivity index (χ0v) is 10.9. The van der Waals surface area contributed by atoms with Crippen LogP contribution in [0.1, 0.15) is 34.7 Å². The maximum Gasteiger partial charge on any atom is 0.0957 e. The lowest BCUT2D eigenvalue weighted by Gasteiger charge is -2.09. The lowest BCUT2D eigenvalue weighted by Crippen LogP contribution is -2.01. The third-order valence-electron chi connectivity index (χ3n) is 2.85. The van der Waals surface area contributed by atoms with Gasteiger partial charge >= 0.3 is 0 Å². The van der Waals surface area contributed by atoms with Gasteiger partial charge in [0.1, 0.15) is 0 Å². The molecule has 0 spiro atoms. The second-order valence-corrected chi connectivity index (χ2v) is 4.90. The largest absolute Gasteiger partial charge is 0.387 e. The molecule has 4 heteroatoms. The molecule has 0 saturated carbocycles. The number of aliphatic hydroxyl groups is 1. The monoisotopic (exact) mass is 248 g/mol. The first-order valence-corrected chi connectivity index (χ1v) is 6.52. The first kappa shape index (κ1) is 12.2. The van der Waals surface area contributed by atoms with Crippen LogP contribution in [-0.4, -0.2) is 14.7 Å². The van der Waals surface area contributed by atoms with Crippen LogP contribution in [0, 0.1) is 6.92 Å². The molecular formula is C13H16N2OS. The molecule has 0 saturated heterocycles. The molecule has 90 valence electrons. The van der Waals surface area contributed by atoms with Crippen LogP contribution in [-0.2, 0) is 12.8 Å². The van der Waals surface area contributed by atoms with Crippen LogP contribution in [0.4, 0.5) is 0 Å². The summed E-state index contributed by atoms with van der Waals surface area (Å²) in [6.45, 7) is 4.01. The van der Waals surface area contributed by atoms with E-state index in [0.29, 0.717) is 6.42 Å². The predicted molar refractivity (Wildman–Crippen MR) is 69.1 cm³/mol. The molecule has 0 fully saturated rings. The number of nitrogens with zero attached hydrogens (tertiary/aromatic N) is 2. The number of hydrogen-bond donors (Lipinski definition) is 1. The predicted octanol–water partition coefficient (Wildman–Crippen LogP) is 2.69. The van der Waals surface area contributed by atoms with E-state index >= 15 is 0 Å². The van der Waals surface area contributed by atoms with Gasteiger partial charge in [-0.3, -0.25) is 0 Å². The third-order valence-corrected chi connectivity index (χ3v) is 3.78. The van der Waals surface area contributed by atoms with E-state index in [0.717, 1.165) is 22.6 Å². The highest BCUT2D eigenvalue weighted by atomic mass is 32.1. The summed E-state index contributed by atoms with van der Waals surface area (Å²) < 4.78 is 3.84. The summed E-state index contributed by atoms with van der Waals surface area (Å²) in [7, 11) is 0. The molecule has 1 aromatic heterocycles. The summed E-state index contributed by atoms with van der Waals surface area (Å²) in [5.41, 5.74) is 3.29. The normalized spacial score (nSPS) is 12.6. The maximum absolute atomic E-state index is 10.1. The lowest BCUT2D eigenvalue weighted by molar-refractivity contribution is 0.181. The summed E-state index contributed by atoms with van der Waals surface area (Å²) in [5.74, 6) is 0. The molecule has 17 heavy (non-hydrogen) atoms. The summed E-state index contributed by atoms with van der Waals surface area (Å²) in [6.07, 6.45) is 1.16. The molecule has 0 aliphatic carbocycles. The number of aliphatic hydroxyl groups excluding tert-OH is 1. The fraction of sp³-hybridized carbons (Fsp3) is 0.385. The van der Waals surface area contributed by atoms with Gasteiger partial charge in [-0.1, -0.05) is 35.7 Å². The molecule has 1 aromatic carbocycles. The fourth-order valence-corrected chi connectivity index (χ4v) is 2.40. The van der Waals surface area contributed by atoms with Crippen LogP contribution in [0.2, 0.25) is 0 Å². The topological polar surface area (TPSA) is 46.0 Å². The molecule has 0 aliphatic heterocycles. The minimum atomic E-state index is -0.498. The van der Waals surface area contributed by atoms with Crippen LogP contribution in [0.5, 0.6) is 0 Å². The summed E-state index contributed by atoms with van der Waals surface area (Å²) in [4.78, 5) is 0.865. The smallest absolute Gasteiger partial charge is 0.0957 e. The number of benzene rings is 1. The number of aromatic nitrogens is 2. The first-order valence-electron chi connectivity index (χ1n) is 5.75. The Hall–Kier alpha value is -1.26. The standard InChI is InChI=1S/C13H16N2OS/c1-3-10-4-6-11(7-5-10)8-12(16)13-9(2)14-15-17-13/h4-7,12,16H,3,8H2,1-2H3. The van der Waals surface area contributed by atoms with Crippen molar-refractivity contribution < 1.29 is 5.11 Å². The van der Waals surface area contributed by atoms with Gasteiger partial charge < -0.3 is 5.11 Å². The van der Waals surface area contributed by atoms with E-state index < -0.39 is 6.10 Å². The van der Waals surface area contributed by atoms with Crippen molar-refractivity contribution in [1.82, 2.24) is 9.59 Å². The average molecular weight is 248 g/mol. The van der Waals surface area contributed by atoms with Gasteiger partial charge in [0, 0.05) is 6.42 Å². The molecule has 1 heterocycles. The first-order chi connectivity index (χ1) is 8.20. The highest BCUT2D eigenvalue weighted by molar-refractivity contribution is 7.05. The Bertz CT molecular complexity index is 478. The third kappa shape index (κ3) is 2.90. The Morgan fingerprint density at radius 1 is 1.24 bits per heavy atom. The maximum atomic E-state index is 10.1. The van der Waals surface area contributed by atoms with E-state index in [2.05, 4.69) is 40.8 Å². The zero-order chi connectivity index (χ0) is 12.3. The molecule has 1 atom stereocenters. The Morgan fingerprint density at radius 3 is 2.41 bits per heavy atom. The van der Waals surface area contributed by atoms with Crippen LogP contribution in [0.3, 0.4) is 0 Å². The number of rotatable bonds is 4. The van der Waals surface area contributed by atoms with Crippen molar-refractivity contribution in [2.24, 2.45) is 0 Å². The van der Waals surface area contributed by atoms with Crippen molar-refractivity contribution >= 4 is 11.5 Å². The average Bonchev–Trinajstić information content (AvgIpc) is 2.76. The molecule has 1 unspecified atom stereocenters. The molecule has 0 amide bonds. The quantitative estimate of drug-likeness (QED) is 0.905. The molecule has 2 rings (SSSR count). The summed E-state index contributed by atoms with van der Waals surface area (Å²) in [5, 5.41) is 14.0. The highest BCUT2D eigenvalue weighted by Gasteiger charge is 2.14. The van der Waals surface area contributed by atoms with Crippen molar-refractivity contribution in [3.05, 3.63) is 46.0 Å². The van der Waals surface area contributed by atoms with Crippen LogP contribution < -0.4 is 0 Å². The van der Waals surface area contributed by atoms with Gasteiger partial charge in [-0.05, 0) is 36.0 Å². The molecular weight excluding hydrogens is 232 g/mol. The second kappa shape index (κ2) is 5.38. The van der Waals surface area contributed by atoms with E-state index in [-0.39, 0.29) is 0 Å². The highest BCUT2D eigenvalue weighted by Crippen LogP contribution is 2.23. The Balaban J connectivity index is 2.07.